The van der Waals surface area contributed by atoms with Gasteiger partial charge in [0.15, 0.2) is 0 Å². The summed E-state index contributed by atoms with van der Waals surface area (Å²) < 4.78 is 23.9. The van der Waals surface area contributed by atoms with Gasteiger partial charge in [0.1, 0.15) is 12.1 Å². The van der Waals surface area contributed by atoms with E-state index < -0.39 is 0 Å². The van der Waals surface area contributed by atoms with Crippen molar-refractivity contribution in [3.05, 3.63) is 42.0 Å². The first kappa shape index (κ1) is 18.0. The van der Waals surface area contributed by atoms with Crippen LogP contribution in [0, 0.1) is 5.82 Å². The van der Waals surface area contributed by atoms with Gasteiger partial charge in [0.05, 0.1) is 25.5 Å². The van der Waals surface area contributed by atoms with Crippen molar-refractivity contribution in [1.29, 1.82) is 0 Å². The molecule has 25 heavy (non-hydrogen) atoms. The highest BCUT2D eigenvalue weighted by atomic mass is 19.1. The molecule has 1 aliphatic heterocycles. The summed E-state index contributed by atoms with van der Waals surface area (Å²) in [5.41, 5.74) is 1.55. The molecule has 1 saturated heterocycles. The number of aliphatic hydroxyl groups excluding tert-OH is 1. The molecule has 1 aliphatic rings. The summed E-state index contributed by atoms with van der Waals surface area (Å²) in [6, 6.07) is 6.07. The summed E-state index contributed by atoms with van der Waals surface area (Å²) >= 11 is 0. The monoisotopic (exact) mass is 349 g/mol. The molecule has 7 heteroatoms. The lowest BCUT2D eigenvalue weighted by Gasteiger charge is -2.29. The van der Waals surface area contributed by atoms with Crippen LogP contribution in [0.4, 0.5) is 4.39 Å². The maximum Gasteiger partial charge on any atom is 0.226 e. The Morgan fingerprint density at radius 1 is 1.16 bits per heavy atom. The van der Waals surface area contributed by atoms with E-state index in [2.05, 4.69) is 14.8 Å². The van der Waals surface area contributed by atoms with E-state index >= 15 is 0 Å². The van der Waals surface area contributed by atoms with Gasteiger partial charge in [-0.2, -0.15) is 0 Å². The molecule has 0 aliphatic carbocycles. The Hall–Kier alpha value is -1.80. The van der Waals surface area contributed by atoms with Crippen molar-refractivity contribution >= 4 is 0 Å². The van der Waals surface area contributed by atoms with Gasteiger partial charge in [-0.3, -0.25) is 9.80 Å². The molecule has 1 fully saturated rings. The fourth-order valence-electron chi connectivity index (χ4n) is 2.85. The molecule has 3 rings (SSSR count). The van der Waals surface area contributed by atoms with Gasteiger partial charge in [0, 0.05) is 44.8 Å². The highest BCUT2D eigenvalue weighted by Gasteiger charge is 2.14. The topological polar surface area (TPSA) is 62.0 Å². The summed E-state index contributed by atoms with van der Waals surface area (Å²) in [6.07, 6.45) is 1.62. The molecule has 136 valence electrons. The Balaban J connectivity index is 1.57. The highest BCUT2D eigenvalue weighted by Crippen LogP contribution is 2.19. The van der Waals surface area contributed by atoms with E-state index in [1.54, 1.807) is 18.4 Å². The predicted molar refractivity (Wildman–Crippen MR) is 91.5 cm³/mol. The third-order valence-electron chi connectivity index (χ3n) is 4.28. The number of nitrogens with zero attached hydrogens (tertiary/aromatic N) is 3. The third-order valence-corrected chi connectivity index (χ3v) is 4.28. The molecule has 1 aromatic heterocycles. The fourth-order valence-corrected chi connectivity index (χ4v) is 2.85. The molecule has 1 aromatic carbocycles. The lowest BCUT2D eigenvalue weighted by atomic mass is 10.2. The number of aliphatic hydroxyl groups is 1. The maximum atomic E-state index is 13.0. The first-order valence-electron chi connectivity index (χ1n) is 8.58. The Labute approximate surface area is 146 Å². The predicted octanol–water partition coefficient (Wildman–Crippen LogP) is 1.61. The molecule has 0 radical (unpaired) electrons. The number of hydrogen-bond acceptors (Lipinski definition) is 6. The van der Waals surface area contributed by atoms with Crippen molar-refractivity contribution in [3.63, 3.8) is 0 Å². The number of oxazole rings is 1. The zero-order valence-corrected chi connectivity index (χ0v) is 14.2. The molecule has 0 saturated carbocycles. The minimum Gasteiger partial charge on any atom is -0.444 e. The summed E-state index contributed by atoms with van der Waals surface area (Å²) in [6.45, 7) is 6.54. The Kier molecular flexibility index (Phi) is 6.52. The molecule has 1 N–H and O–H groups in total. The first-order chi connectivity index (χ1) is 12.2. The molecule has 0 spiro atoms. The van der Waals surface area contributed by atoms with Crippen LogP contribution in [-0.2, 0) is 11.3 Å². The van der Waals surface area contributed by atoms with Crippen LogP contribution >= 0.6 is 0 Å². The van der Waals surface area contributed by atoms with Crippen LogP contribution in [0.25, 0.3) is 11.5 Å². The molecule has 0 bridgehead atoms. The van der Waals surface area contributed by atoms with E-state index in [-0.39, 0.29) is 12.4 Å². The van der Waals surface area contributed by atoms with E-state index in [1.807, 2.05) is 0 Å². The highest BCUT2D eigenvalue weighted by molar-refractivity contribution is 5.52. The second kappa shape index (κ2) is 9.05. The van der Waals surface area contributed by atoms with Crippen molar-refractivity contribution < 1.29 is 18.7 Å². The minimum atomic E-state index is -0.284. The van der Waals surface area contributed by atoms with E-state index in [1.165, 1.54) is 12.1 Å². The van der Waals surface area contributed by atoms with Crippen molar-refractivity contribution in [2.45, 2.75) is 6.54 Å². The minimum absolute atomic E-state index is 0.103. The van der Waals surface area contributed by atoms with Gasteiger partial charge in [0.25, 0.3) is 0 Å². The molecule has 0 unspecified atom stereocenters. The molecular weight excluding hydrogens is 325 g/mol. The van der Waals surface area contributed by atoms with Gasteiger partial charge in [-0.05, 0) is 24.3 Å². The van der Waals surface area contributed by atoms with Gasteiger partial charge < -0.3 is 14.3 Å². The van der Waals surface area contributed by atoms with Crippen LogP contribution in [0.3, 0.4) is 0 Å². The van der Waals surface area contributed by atoms with Crippen LogP contribution in [-0.4, -0.2) is 72.4 Å². The fraction of sp³-hybridized carbons (Fsp3) is 0.500. The van der Waals surface area contributed by atoms with E-state index in [0.29, 0.717) is 19.0 Å². The van der Waals surface area contributed by atoms with E-state index in [4.69, 9.17) is 9.15 Å². The Bertz CT molecular complexity index is 641. The summed E-state index contributed by atoms with van der Waals surface area (Å²) in [7, 11) is 0. The van der Waals surface area contributed by atoms with Crippen molar-refractivity contribution in [3.8, 4) is 11.5 Å². The maximum absolute atomic E-state index is 13.0. The summed E-state index contributed by atoms with van der Waals surface area (Å²) in [5, 5.41) is 9.31. The number of hydrogen-bond donors (Lipinski definition) is 1. The molecule has 2 heterocycles. The molecule has 6 nitrogen and oxygen atoms in total. The molecule has 0 atom stereocenters. The number of morpholine rings is 1. The standard InChI is InChI=1S/C18H24FN3O3/c19-16-3-1-15(2-4-16)18-20-17(14-25-18)13-22(7-10-23)6-5-21-8-11-24-12-9-21/h1-4,14,23H,5-13H2. The second-order valence-electron chi connectivity index (χ2n) is 6.10. The molecule has 2 aromatic rings. The second-order valence-corrected chi connectivity index (χ2v) is 6.10. The van der Waals surface area contributed by atoms with Crippen molar-refractivity contribution in [2.75, 3.05) is 52.5 Å². The lowest BCUT2D eigenvalue weighted by Crippen LogP contribution is -2.41. The number of benzene rings is 1. The lowest BCUT2D eigenvalue weighted by molar-refractivity contribution is 0.0319. The molecular formula is C18H24FN3O3. The van der Waals surface area contributed by atoms with E-state index in [0.717, 1.165) is 50.7 Å². The average Bonchev–Trinajstić information content (AvgIpc) is 3.10. The zero-order valence-electron chi connectivity index (χ0n) is 14.2. The zero-order chi connectivity index (χ0) is 17.5. The Morgan fingerprint density at radius 3 is 2.64 bits per heavy atom. The summed E-state index contributed by atoms with van der Waals surface area (Å²) in [5.74, 6) is 0.194. The van der Waals surface area contributed by atoms with Crippen molar-refractivity contribution in [1.82, 2.24) is 14.8 Å². The van der Waals surface area contributed by atoms with Gasteiger partial charge in [0.2, 0.25) is 5.89 Å². The third kappa shape index (κ3) is 5.34. The van der Waals surface area contributed by atoms with Crippen LogP contribution < -0.4 is 0 Å². The average molecular weight is 349 g/mol. The largest absolute Gasteiger partial charge is 0.444 e. The smallest absolute Gasteiger partial charge is 0.226 e. The number of aromatic nitrogens is 1. The van der Waals surface area contributed by atoms with Gasteiger partial charge in [-0.25, -0.2) is 9.37 Å². The Morgan fingerprint density at radius 2 is 1.92 bits per heavy atom. The van der Waals surface area contributed by atoms with Crippen LogP contribution in [0.2, 0.25) is 0 Å². The van der Waals surface area contributed by atoms with Crippen LogP contribution in [0.1, 0.15) is 5.69 Å². The number of rotatable bonds is 8. The quantitative estimate of drug-likeness (QED) is 0.781. The molecule has 0 amide bonds. The van der Waals surface area contributed by atoms with Crippen LogP contribution in [0.5, 0.6) is 0 Å². The number of ether oxygens (including phenoxy) is 1. The van der Waals surface area contributed by atoms with Gasteiger partial charge >= 0.3 is 0 Å². The van der Waals surface area contributed by atoms with Crippen LogP contribution in [0.15, 0.2) is 34.9 Å². The SMILES string of the molecule is OCCN(CCN1CCOCC1)Cc1coc(-c2ccc(F)cc2)n1. The van der Waals surface area contributed by atoms with E-state index in [9.17, 15) is 9.50 Å². The van der Waals surface area contributed by atoms with Crippen molar-refractivity contribution in [2.24, 2.45) is 0 Å². The van der Waals surface area contributed by atoms with Gasteiger partial charge in [-0.1, -0.05) is 0 Å². The normalized spacial score (nSPS) is 15.8. The summed E-state index contributed by atoms with van der Waals surface area (Å²) in [4.78, 5) is 9.00. The van der Waals surface area contributed by atoms with Gasteiger partial charge in [-0.15, -0.1) is 0 Å². The first-order valence-corrected chi connectivity index (χ1v) is 8.58. The number of halogens is 1.